The summed E-state index contributed by atoms with van der Waals surface area (Å²) < 4.78 is 36.3. The Kier molecular flexibility index (Phi) is 6.76. The number of hydrogen-bond acceptors (Lipinski definition) is 7. The van der Waals surface area contributed by atoms with E-state index in [1.54, 1.807) is 27.7 Å². The first-order valence-corrected chi connectivity index (χ1v) is 9.92. The molecule has 1 aliphatic heterocycles. The highest BCUT2D eigenvalue weighted by Crippen LogP contribution is 2.51. The lowest BCUT2D eigenvalue weighted by atomic mass is 10.4. The zero-order valence-electron chi connectivity index (χ0n) is 14.8. The molecular formula is C15H25N2O7P. The average Bonchev–Trinajstić information content (AvgIpc) is 2.86. The van der Waals surface area contributed by atoms with Gasteiger partial charge in [0.05, 0.1) is 25.4 Å². The molecule has 1 aliphatic rings. The van der Waals surface area contributed by atoms with E-state index >= 15 is 0 Å². The smallest absolute Gasteiger partial charge is 0.336 e. The summed E-state index contributed by atoms with van der Waals surface area (Å²) in [4.78, 5) is 25.0. The highest BCUT2D eigenvalue weighted by molar-refractivity contribution is 7.53. The molecule has 2 rings (SSSR count). The van der Waals surface area contributed by atoms with Gasteiger partial charge in [-0.15, -0.1) is 0 Å². The normalized spacial score (nSPS) is 21.4. The molecule has 0 amide bonds. The standard InChI is InChI=1S/C15H25N2O7P/c1-10(2)23-25(20,24-11(3)4)9-14-21-8-12(22-14)7-17-6-5-13(18)16-15(17)19/h5-6,10-12,14H,7-9H2,1-4H3,(H,16,18,19)/t12-,14+/m0/s1. The maximum Gasteiger partial charge on any atom is 0.336 e. The Hall–Kier alpha value is -1.25. The van der Waals surface area contributed by atoms with Gasteiger partial charge >= 0.3 is 13.3 Å². The molecule has 0 unspecified atom stereocenters. The van der Waals surface area contributed by atoms with Gasteiger partial charge < -0.3 is 18.5 Å². The molecular weight excluding hydrogens is 351 g/mol. The summed E-state index contributed by atoms with van der Waals surface area (Å²) in [6.07, 6.45) is -0.303. The van der Waals surface area contributed by atoms with Crippen LogP contribution in [0.2, 0.25) is 0 Å². The van der Waals surface area contributed by atoms with Crippen molar-refractivity contribution in [3.63, 3.8) is 0 Å². The van der Waals surface area contributed by atoms with Crippen LogP contribution < -0.4 is 11.2 Å². The molecule has 0 aliphatic carbocycles. The van der Waals surface area contributed by atoms with Crippen LogP contribution in [0, 0.1) is 0 Å². The van der Waals surface area contributed by atoms with Crippen LogP contribution >= 0.6 is 7.60 Å². The predicted octanol–water partition coefficient (Wildman–Crippen LogP) is 1.32. The van der Waals surface area contributed by atoms with Crippen LogP contribution in [0.1, 0.15) is 27.7 Å². The van der Waals surface area contributed by atoms with Gasteiger partial charge in [0.25, 0.3) is 5.56 Å². The summed E-state index contributed by atoms with van der Waals surface area (Å²) in [5.41, 5.74) is -0.975. The van der Waals surface area contributed by atoms with Gasteiger partial charge in [0.15, 0.2) is 6.29 Å². The van der Waals surface area contributed by atoms with Crippen molar-refractivity contribution < 1.29 is 23.1 Å². The van der Waals surface area contributed by atoms with Crippen molar-refractivity contribution >= 4 is 7.60 Å². The van der Waals surface area contributed by atoms with Gasteiger partial charge in [-0.2, -0.15) is 0 Å². The second kappa shape index (κ2) is 8.42. The molecule has 1 saturated heterocycles. The second-order valence-corrected chi connectivity index (χ2v) is 8.39. The number of aromatic nitrogens is 2. The molecule has 0 saturated carbocycles. The number of rotatable bonds is 8. The Morgan fingerprint density at radius 2 is 1.92 bits per heavy atom. The van der Waals surface area contributed by atoms with Crippen LogP contribution in [-0.4, -0.2) is 46.9 Å². The van der Waals surface area contributed by atoms with Crippen molar-refractivity contribution in [2.75, 3.05) is 12.8 Å². The average molecular weight is 376 g/mol. The minimum absolute atomic E-state index is 0.0274. The van der Waals surface area contributed by atoms with E-state index in [4.69, 9.17) is 18.5 Å². The van der Waals surface area contributed by atoms with Crippen molar-refractivity contribution in [1.29, 1.82) is 0 Å². The van der Waals surface area contributed by atoms with Crippen LogP contribution in [0.3, 0.4) is 0 Å². The van der Waals surface area contributed by atoms with Crippen molar-refractivity contribution in [2.45, 2.75) is 58.8 Å². The topological polar surface area (TPSA) is 109 Å². The lowest BCUT2D eigenvalue weighted by Crippen LogP contribution is -2.33. The number of nitrogens with one attached hydrogen (secondary N) is 1. The van der Waals surface area contributed by atoms with E-state index in [0.29, 0.717) is 0 Å². The van der Waals surface area contributed by atoms with Gasteiger partial charge in [-0.25, -0.2) is 4.79 Å². The van der Waals surface area contributed by atoms with E-state index in [1.165, 1.54) is 16.8 Å². The molecule has 1 N–H and O–H groups in total. The third-order valence-corrected chi connectivity index (χ3v) is 5.46. The summed E-state index contributed by atoms with van der Waals surface area (Å²) in [7, 11) is -3.37. The van der Waals surface area contributed by atoms with Crippen LogP contribution in [0.5, 0.6) is 0 Å². The molecule has 0 bridgehead atoms. The molecule has 0 aromatic carbocycles. The number of aromatic amines is 1. The molecule has 1 aromatic heterocycles. The Balaban J connectivity index is 1.97. The Bertz CT molecular complexity index is 713. The summed E-state index contributed by atoms with van der Waals surface area (Å²) in [5, 5.41) is 0. The van der Waals surface area contributed by atoms with E-state index in [1.807, 2.05) is 0 Å². The van der Waals surface area contributed by atoms with E-state index in [2.05, 4.69) is 4.98 Å². The van der Waals surface area contributed by atoms with Gasteiger partial charge in [0.1, 0.15) is 12.3 Å². The quantitative estimate of drug-likeness (QED) is 0.682. The Labute approximate surface area is 145 Å². The summed E-state index contributed by atoms with van der Waals surface area (Å²) >= 11 is 0. The summed E-state index contributed by atoms with van der Waals surface area (Å²) in [6.45, 7) is 7.55. The monoisotopic (exact) mass is 376 g/mol. The molecule has 0 spiro atoms. The number of ether oxygens (including phenoxy) is 2. The highest BCUT2D eigenvalue weighted by Gasteiger charge is 2.37. The van der Waals surface area contributed by atoms with Crippen molar-refractivity contribution in [2.24, 2.45) is 0 Å². The number of hydrogen-bond donors (Lipinski definition) is 1. The van der Waals surface area contributed by atoms with Crippen LogP contribution in [0.15, 0.2) is 21.9 Å². The third kappa shape index (κ3) is 6.20. The minimum atomic E-state index is -3.37. The van der Waals surface area contributed by atoms with Crippen molar-refractivity contribution in [3.05, 3.63) is 33.1 Å². The minimum Gasteiger partial charge on any atom is -0.349 e. The number of H-pyrrole nitrogens is 1. The van der Waals surface area contributed by atoms with Gasteiger partial charge in [-0.05, 0) is 27.7 Å². The van der Waals surface area contributed by atoms with E-state index in [9.17, 15) is 14.2 Å². The zero-order valence-corrected chi connectivity index (χ0v) is 15.7. The molecule has 1 aromatic rings. The van der Waals surface area contributed by atoms with Crippen molar-refractivity contribution in [1.82, 2.24) is 9.55 Å². The van der Waals surface area contributed by atoms with Gasteiger partial charge in [0.2, 0.25) is 0 Å². The third-order valence-electron chi connectivity index (χ3n) is 3.22. The first-order chi connectivity index (χ1) is 11.7. The fourth-order valence-corrected chi connectivity index (χ4v) is 4.51. The highest BCUT2D eigenvalue weighted by atomic mass is 31.2. The number of nitrogens with zero attached hydrogens (tertiary/aromatic N) is 1. The van der Waals surface area contributed by atoms with Gasteiger partial charge in [-0.1, -0.05) is 0 Å². The molecule has 25 heavy (non-hydrogen) atoms. The summed E-state index contributed by atoms with van der Waals surface area (Å²) in [6, 6.07) is 1.26. The Morgan fingerprint density at radius 3 is 2.48 bits per heavy atom. The first kappa shape index (κ1) is 20.1. The molecule has 2 heterocycles. The Morgan fingerprint density at radius 1 is 1.28 bits per heavy atom. The molecule has 9 nitrogen and oxygen atoms in total. The lowest BCUT2D eigenvalue weighted by molar-refractivity contribution is -0.0469. The molecule has 10 heteroatoms. The van der Waals surface area contributed by atoms with E-state index < -0.39 is 31.2 Å². The lowest BCUT2D eigenvalue weighted by Gasteiger charge is -2.24. The van der Waals surface area contributed by atoms with Gasteiger partial charge in [-0.3, -0.25) is 18.9 Å². The first-order valence-electron chi connectivity index (χ1n) is 8.19. The maximum atomic E-state index is 12.8. The maximum absolute atomic E-state index is 12.8. The largest absolute Gasteiger partial charge is 0.349 e. The molecule has 0 radical (unpaired) electrons. The fourth-order valence-electron chi connectivity index (χ4n) is 2.44. The van der Waals surface area contributed by atoms with Crippen LogP contribution in [-0.2, 0) is 29.6 Å². The molecule has 1 fully saturated rings. The zero-order chi connectivity index (χ0) is 18.6. The van der Waals surface area contributed by atoms with Crippen LogP contribution in [0.4, 0.5) is 0 Å². The predicted molar refractivity (Wildman–Crippen MR) is 90.9 cm³/mol. The van der Waals surface area contributed by atoms with Crippen molar-refractivity contribution in [3.8, 4) is 0 Å². The molecule has 142 valence electrons. The fraction of sp³-hybridized carbons (Fsp3) is 0.733. The summed E-state index contributed by atoms with van der Waals surface area (Å²) in [5.74, 6) is 0. The van der Waals surface area contributed by atoms with E-state index in [-0.39, 0.29) is 31.5 Å². The van der Waals surface area contributed by atoms with E-state index in [0.717, 1.165) is 0 Å². The second-order valence-electron chi connectivity index (χ2n) is 6.39. The van der Waals surface area contributed by atoms with Crippen LogP contribution in [0.25, 0.3) is 0 Å². The molecule has 2 atom stereocenters. The SMILES string of the molecule is CC(C)OP(=O)(C[C@@H]1OC[C@H](Cn2ccc(=O)[nH]c2=O)O1)OC(C)C. The van der Waals surface area contributed by atoms with Gasteiger partial charge in [0, 0.05) is 12.3 Å².